The van der Waals surface area contributed by atoms with Crippen molar-refractivity contribution in [3.63, 3.8) is 0 Å². The number of methoxy groups -OCH3 is 1. The second-order valence-corrected chi connectivity index (χ2v) is 12.0. The number of imide groups is 1. The Bertz CT molecular complexity index is 1490. The molecule has 3 aliphatic heterocycles. The highest BCUT2D eigenvalue weighted by Crippen LogP contribution is 2.54. The second-order valence-electron chi connectivity index (χ2n) is 9.87. The van der Waals surface area contributed by atoms with Crippen molar-refractivity contribution in [2.45, 2.75) is 42.0 Å². The van der Waals surface area contributed by atoms with Crippen molar-refractivity contribution in [1.82, 2.24) is 9.47 Å². The fourth-order valence-electron chi connectivity index (χ4n) is 5.65. The van der Waals surface area contributed by atoms with Gasteiger partial charge in [0.1, 0.15) is 23.4 Å². The van der Waals surface area contributed by atoms with Gasteiger partial charge in [-0.1, -0.05) is 35.2 Å². The summed E-state index contributed by atoms with van der Waals surface area (Å²) in [7, 11) is 1.56. The first kappa shape index (κ1) is 25.8. The molecular formula is C28H26FN3O5S2. The zero-order chi connectivity index (χ0) is 27.3. The molecule has 11 heteroatoms. The van der Waals surface area contributed by atoms with Gasteiger partial charge in [0.05, 0.1) is 23.7 Å². The number of thiazole rings is 1. The van der Waals surface area contributed by atoms with Crippen LogP contribution in [-0.2, 0) is 20.9 Å². The van der Waals surface area contributed by atoms with Crippen LogP contribution in [0.3, 0.4) is 0 Å². The van der Waals surface area contributed by atoms with Gasteiger partial charge in [0.25, 0.3) is 0 Å². The molecule has 3 atom stereocenters. The summed E-state index contributed by atoms with van der Waals surface area (Å²) >= 11 is 2.20. The van der Waals surface area contributed by atoms with Crippen LogP contribution < -0.4 is 14.5 Å². The first-order valence-electron chi connectivity index (χ1n) is 12.8. The summed E-state index contributed by atoms with van der Waals surface area (Å²) in [5.41, 5.74) is 1.07. The van der Waals surface area contributed by atoms with Crippen molar-refractivity contribution in [2.24, 2.45) is 5.92 Å². The van der Waals surface area contributed by atoms with E-state index in [0.29, 0.717) is 34.4 Å². The van der Waals surface area contributed by atoms with E-state index in [1.54, 1.807) is 24.1 Å². The Morgan fingerprint density at radius 3 is 2.33 bits per heavy atom. The Hall–Kier alpha value is -3.44. The van der Waals surface area contributed by atoms with Crippen molar-refractivity contribution in [1.29, 1.82) is 0 Å². The highest BCUT2D eigenvalue weighted by atomic mass is 32.2. The standard InChI is InChI=1S/C28H26FN3O5S2/c1-37-19-11-5-16(6-12-19)21-22-23(26(35)32(25(22)34)18-9-7-17(29)8-10-18)38-27-24(21)39-28(36)31(27)15-20(33)30-13-3-2-4-14-30/h5-12,21-23H,2-4,13-15H2,1H3/t21-,22-,23+/m0/s1. The topological polar surface area (TPSA) is 88.9 Å². The van der Waals surface area contributed by atoms with Gasteiger partial charge in [0.2, 0.25) is 17.7 Å². The average molecular weight is 568 g/mol. The number of carbonyl (C=O) groups is 3. The molecule has 39 heavy (non-hydrogen) atoms. The molecule has 0 radical (unpaired) electrons. The van der Waals surface area contributed by atoms with Crippen molar-refractivity contribution < 1.29 is 23.5 Å². The molecule has 0 bridgehead atoms. The molecule has 0 aliphatic carbocycles. The van der Waals surface area contributed by atoms with E-state index < -0.39 is 34.7 Å². The second kappa shape index (κ2) is 10.3. The predicted molar refractivity (Wildman–Crippen MR) is 146 cm³/mol. The molecule has 0 unspecified atom stereocenters. The molecule has 2 aromatic carbocycles. The lowest BCUT2D eigenvalue weighted by atomic mass is 9.83. The number of likely N-dealkylation sites (tertiary alicyclic amines) is 1. The van der Waals surface area contributed by atoms with Gasteiger partial charge < -0.3 is 9.64 Å². The Morgan fingerprint density at radius 1 is 0.974 bits per heavy atom. The summed E-state index contributed by atoms with van der Waals surface area (Å²) in [6.45, 7) is 1.24. The van der Waals surface area contributed by atoms with Crippen LogP contribution in [0.25, 0.3) is 0 Å². The molecule has 8 nitrogen and oxygen atoms in total. The Balaban J connectivity index is 1.43. The molecule has 0 spiro atoms. The minimum atomic E-state index is -0.799. The van der Waals surface area contributed by atoms with Gasteiger partial charge >= 0.3 is 4.87 Å². The van der Waals surface area contributed by atoms with Crippen LogP contribution in [0.2, 0.25) is 0 Å². The van der Waals surface area contributed by atoms with Crippen LogP contribution >= 0.6 is 23.1 Å². The van der Waals surface area contributed by atoms with Crippen LogP contribution in [-0.4, -0.2) is 52.6 Å². The number of amides is 3. The van der Waals surface area contributed by atoms with E-state index in [4.69, 9.17) is 4.74 Å². The lowest BCUT2D eigenvalue weighted by Crippen LogP contribution is -2.39. The van der Waals surface area contributed by atoms with Gasteiger partial charge in [-0.3, -0.25) is 23.7 Å². The molecule has 2 fully saturated rings. The monoisotopic (exact) mass is 567 g/mol. The van der Waals surface area contributed by atoms with Crippen molar-refractivity contribution in [2.75, 3.05) is 25.1 Å². The molecule has 3 aliphatic rings. The maximum Gasteiger partial charge on any atom is 0.308 e. The average Bonchev–Trinajstić information content (AvgIpc) is 3.40. The molecular weight excluding hydrogens is 541 g/mol. The van der Waals surface area contributed by atoms with Crippen LogP contribution in [0, 0.1) is 11.7 Å². The highest BCUT2D eigenvalue weighted by molar-refractivity contribution is 8.00. The van der Waals surface area contributed by atoms with E-state index in [2.05, 4.69) is 0 Å². The summed E-state index contributed by atoms with van der Waals surface area (Å²) in [6, 6.07) is 12.5. The van der Waals surface area contributed by atoms with Gasteiger partial charge in [0, 0.05) is 23.9 Å². The Morgan fingerprint density at radius 2 is 1.67 bits per heavy atom. The first-order chi connectivity index (χ1) is 18.9. The third-order valence-corrected chi connectivity index (χ3v) is 10.2. The number of anilines is 1. The normalized spacial score (nSPS) is 22.6. The van der Waals surface area contributed by atoms with Crippen LogP contribution in [0.15, 0.2) is 58.4 Å². The zero-order valence-electron chi connectivity index (χ0n) is 21.2. The molecule has 0 saturated carbocycles. The Labute approximate surface area is 232 Å². The fraction of sp³-hybridized carbons (Fsp3) is 0.357. The molecule has 3 aromatic rings. The smallest absolute Gasteiger partial charge is 0.308 e. The SMILES string of the molecule is COc1ccc([C@@H]2c3sc(=O)n(CC(=O)N4CCCCC4)c3S[C@H]3C(=O)N(c4ccc(F)cc4)C(=O)[C@@H]23)cc1. The van der Waals surface area contributed by atoms with Crippen molar-refractivity contribution in [3.05, 3.63) is 74.5 Å². The number of hydrogen-bond donors (Lipinski definition) is 0. The summed E-state index contributed by atoms with van der Waals surface area (Å²) in [6.07, 6.45) is 2.97. The largest absolute Gasteiger partial charge is 0.497 e. The van der Waals surface area contributed by atoms with Gasteiger partial charge in [0.15, 0.2) is 0 Å². The van der Waals surface area contributed by atoms with E-state index in [0.717, 1.165) is 41.1 Å². The summed E-state index contributed by atoms with van der Waals surface area (Å²) in [5.74, 6) is -2.10. The molecule has 2 saturated heterocycles. The number of nitrogens with zero attached hydrogens (tertiary/aromatic N) is 3. The minimum Gasteiger partial charge on any atom is -0.497 e. The van der Waals surface area contributed by atoms with E-state index in [1.165, 1.54) is 40.6 Å². The number of aromatic nitrogens is 1. The van der Waals surface area contributed by atoms with Crippen molar-refractivity contribution >= 4 is 46.5 Å². The predicted octanol–water partition coefficient (Wildman–Crippen LogP) is 3.87. The molecule has 1 aromatic heterocycles. The number of ether oxygens (including phenoxy) is 1. The van der Waals surface area contributed by atoms with E-state index in [-0.39, 0.29) is 17.3 Å². The number of hydrogen-bond acceptors (Lipinski definition) is 7. The van der Waals surface area contributed by atoms with Gasteiger partial charge in [-0.2, -0.15) is 0 Å². The third kappa shape index (κ3) is 4.47. The molecule has 4 heterocycles. The van der Waals surface area contributed by atoms with E-state index in [9.17, 15) is 23.6 Å². The molecule has 0 N–H and O–H groups in total. The van der Waals surface area contributed by atoms with Gasteiger partial charge in [-0.05, 0) is 61.2 Å². The number of benzene rings is 2. The maximum absolute atomic E-state index is 13.9. The summed E-state index contributed by atoms with van der Waals surface area (Å²) in [4.78, 5) is 57.3. The van der Waals surface area contributed by atoms with Crippen LogP contribution in [0.5, 0.6) is 5.75 Å². The molecule has 202 valence electrons. The minimum absolute atomic E-state index is 0.103. The lowest BCUT2D eigenvalue weighted by molar-refractivity contribution is -0.133. The summed E-state index contributed by atoms with van der Waals surface area (Å²) in [5, 5.41) is -0.243. The fourth-order valence-corrected chi connectivity index (χ4v) is 8.42. The molecule has 3 amide bonds. The third-order valence-electron chi connectivity index (χ3n) is 7.61. The number of halogens is 1. The lowest BCUT2D eigenvalue weighted by Gasteiger charge is -2.31. The number of thioether (sulfide) groups is 1. The summed E-state index contributed by atoms with van der Waals surface area (Å²) < 4.78 is 20.4. The number of carbonyl (C=O) groups excluding carboxylic acids is 3. The number of piperidine rings is 1. The van der Waals surface area contributed by atoms with Crippen molar-refractivity contribution in [3.8, 4) is 5.75 Å². The number of fused-ring (bicyclic) bond motifs is 2. The quantitative estimate of drug-likeness (QED) is 0.435. The van der Waals surface area contributed by atoms with Crippen LogP contribution in [0.4, 0.5) is 10.1 Å². The van der Waals surface area contributed by atoms with Crippen LogP contribution in [0.1, 0.15) is 35.6 Å². The highest BCUT2D eigenvalue weighted by Gasteiger charge is 2.56. The number of rotatable bonds is 5. The maximum atomic E-state index is 13.9. The van der Waals surface area contributed by atoms with E-state index in [1.807, 2.05) is 12.1 Å². The zero-order valence-corrected chi connectivity index (χ0v) is 22.8. The molecule has 6 rings (SSSR count). The van der Waals surface area contributed by atoms with Gasteiger partial charge in [-0.15, -0.1) is 0 Å². The van der Waals surface area contributed by atoms with Gasteiger partial charge in [-0.25, -0.2) is 9.29 Å². The Kier molecular flexibility index (Phi) is 6.80. The van der Waals surface area contributed by atoms with E-state index >= 15 is 0 Å². The first-order valence-corrected chi connectivity index (χ1v) is 14.5.